The molecule has 2 rings (SSSR count). The second-order valence-electron chi connectivity index (χ2n) is 5.18. The van der Waals surface area contributed by atoms with Crippen molar-refractivity contribution in [3.63, 3.8) is 0 Å². The van der Waals surface area contributed by atoms with Crippen molar-refractivity contribution >= 4 is 11.8 Å². The highest BCUT2D eigenvalue weighted by molar-refractivity contribution is 5.42. The molecule has 0 aliphatic heterocycles. The van der Waals surface area contributed by atoms with Crippen LogP contribution in [0, 0.1) is 6.92 Å². The van der Waals surface area contributed by atoms with Crippen LogP contribution >= 0.6 is 0 Å². The molecule has 0 aliphatic rings. The molecule has 20 heavy (non-hydrogen) atoms. The van der Waals surface area contributed by atoms with Gasteiger partial charge in [-0.1, -0.05) is 30.3 Å². The fraction of sp³-hybridized carbons (Fsp3) is 0.375. The molecule has 0 saturated carbocycles. The third-order valence-corrected chi connectivity index (χ3v) is 2.83. The average molecular weight is 270 g/mol. The summed E-state index contributed by atoms with van der Waals surface area (Å²) in [7, 11) is 0. The van der Waals surface area contributed by atoms with E-state index in [4.69, 9.17) is 0 Å². The van der Waals surface area contributed by atoms with Crippen LogP contribution in [-0.2, 0) is 6.42 Å². The molecule has 0 radical (unpaired) electrons. The van der Waals surface area contributed by atoms with Gasteiger partial charge in [-0.25, -0.2) is 4.98 Å². The summed E-state index contributed by atoms with van der Waals surface area (Å²) >= 11 is 0. The molecular weight excluding hydrogens is 248 g/mol. The van der Waals surface area contributed by atoms with Crippen molar-refractivity contribution in [3.05, 3.63) is 47.7 Å². The lowest BCUT2D eigenvalue weighted by molar-refractivity contribution is 0.869. The van der Waals surface area contributed by atoms with Gasteiger partial charge in [0.1, 0.15) is 5.82 Å². The SMILES string of the molecule is Cc1cc(NCCc2ccccc2)nc(NC(C)C)n1. The van der Waals surface area contributed by atoms with Crippen LogP contribution in [0.3, 0.4) is 0 Å². The van der Waals surface area contributed by atoms with Crippen LogP contribution in [0.1, 0.15) is 25.1 Å². The summed E-state index contributed by atoms with van der Waals surface area (Å²) in [6.07, 6.45) is 0.983. The minimum Gasteiger partial charge on any atom is -0.370 e. The molecule has 0 atom stereocenters. The molecule has 0 amide bonds. The Hall–Kier alpha value is -2.10. The van der Waals surface area contributed by atoms with Crippen LogP contribution in [0.25, 0.3) is 0 Å². The maximum Gasteiger partial charge on any atom is 0.225 e. The van der Waals surface area contributed by atoms with Crippen molar-refractivity contribution in [2.45, 2.75) is 33.2 Å². The average Bonchev–Trinajstić information content (AvgIpc) is 2.38. The number of anilines is 2. The van der Waals surface area contributed by atoms with Gasteiger partial charge >= 0.3 is 0 Å². The van der Waals surface area contributed by atoms with E-state index in [1.807, 2.05) is 19.1 Å². The zero-order valence-corrected chi connectivity index (χ0v) is 12.4. The Morgan fingerprint density at radius 2 is 1.85 bits per heavy atom. The number of hydrogen-bond acceptors (Lipinski definition) is 4. The Morgan fingerprint density at radius 3 is 2.55 bits per heavy atom. The van der Waals surface area contributed by atoms with E-state index in [1.54, 1.807) is 0 Å². The van der Waals surface area contributed by atoms with E-state index in [2.05, 4.69) is 58.7 Å². The lowest BCUT2D eigenvalue weighted by Gasteiger charge is -2.11. The minimum atomic E-state index is 0.328. The standard InChI is InChI=1S/C16H22N4/c1-12(2)18-16-19-13(3)11-15(20-16)17-10-9-14-7-5-4-6-8-14/h4-8,11-12H,9-10H2,1-3H3,(H2,17,18,19,20). The Bertz CT molecular complexity index is 537. The third-order valence-electron chi connectivity index (χ3n) is 2.83. The Kier molecular flexibility index (Phi) is 4.93. The van der Waals surface area contributed by atoms with E-state index in [9.17, 15) is 0 Å². The maximum absolute atomic E-state index is 4.47. The number of nitrogens with zero attached hydrogens (tertiary/aromatic N) is 2. The summed E-state index contributed by atoms with van der Waals surface area (Å²) in [5.74, 6) is 1.55. The van der Waals surface area contributed by atoms with Gasteiger partial charge in [-0.05, 0) is 32.8 Å². The van der Waals surface area contributed by atoms with Crippen LogP contribution in [-0.4, -0.2) is 22.6 Å². The van der Waals surface area contributed by atoms with Gasteiger partial charge in [0.05, 0.1) is 0 Å². The molecule has 2 N–H and O–H groups in total. The number of rotatable bonds is 6. The first-order valence-electron chi connectivity index (χ1n) is 7.03. The van der Waals surface area contributed by atoms with Crippen LogP contribution in [0.2, 0.25) is 0 Å². The van der Waals surface area contributed by atoms with Crippen LogP contribution in [0.5, 0.6) is 0 Å². The second-order valence-corrected chi connectivity index (χ2v) is 5.18. The van der Waals surface area contributed by atoms with E-state index in [0.717, 1.165) is 24.5 Å². The zero-order chi connectivity index (χ0) is 14.4. The molecule has 4 heteroatoms. The Balaban J connectivity index is 1.93. The fourth-order valence-corrected chi connectivity index (χ4v) is 1.96. The minimum absolute atomic E-state index is 0.328. The number of aromatic nitrogens is 2. The predicted octanol–water partition coefficient (Wildman–Crippen LogP) is 3.26. The lowest BCUT2D eigenvalue weighted by atomic mass is 10.1. The molecule has 0 unspecified atom stereocenters. The van der Waals surface area contributed by atoms with Gasteiger partial charge in [-0.15, -0.1) is 0 Å². The molecule has 1 heterocycles. The first-order chi connectivity index (χ1) is 9.63. The molecule has 1 aromatic heterocycles. The topological polar surface area (TPSA) is 49.8 Å². The van der Waals surface area contributed by atoms with Gasteiger partial charge in [0, 0.05) is 24.3 Å². The molecule has 0 saturated heterocycles. The van der Waals surface area contributed by atoms with E-state index >= 15 is 0 Å². The molecule has 0 spiro atoms. The molecule has 0 fully saturated rings. The highest BCUT2D eigenvalue weighted by Gasteiger charge is 2.03. The number of aryl methyl sites for hydroxylation is 1. The van der Waals surface area contributed by atoms with Gasteiger partial charge < -0.3 is 10.6 Å². The summed E-state index contributed by atoms with van der Waals surface area (Å²) in [4.78, 5) is 8.85. The number of nitrogens with one attached hydrogen (secondary N) is 2. The zero-order valence-electron chi connectivity index (χ0n) is 12.4. The van der Waals surface area contributed by atoms with Gasteiger partial charge in [0.15, 0.2) is 0 Å². The first kappa shape index (κ1) is 14.3. The van der Waals surface area contributed by atoms with Crippen molar-refractivity contribution in [2.75, 3.05) is 17.2 Å². The van der Waals surface area contributed by atoms with Crippen molar-refractivity contribution in [1.82, 2.24) is 9.97 Å². The Morgan fingerprint density at radius 1 is 1.10 bits per heavy atom. The summed E-state index contributed by atoms with van der Waals surface area (Å²) in [6.45, 7) is 7.00. The van der Waals surface area contributed by atoms with E-state index in [-0.39, 0.29) is 0 Å². The van der Waals surface area contributed by atoms with Crippen molar-refractivity contribution in [2.24, 2.45) is 0 Å². The summed E-state index contributed by atoms with van der Waals surface area (Å²) < 4.78 is 0. The smallest absolute Gasteiger partial charge is 0.225 e. The van der Waals surface area contributed by atoms with Crippen LogP contribution < -0.4 is 10.6 Å². The lowest BCUT2D eigenvalue weighted by Crippen LogP contribution is -2.14. The predicted molar refractivity (Wildman–Crippen MR) is 84.2 cm³/mol. The van der Waals surface area contributed by atoms with Gasteiger partial charge in [-0.3, -0.25) is 0 Å². The number of hydrogen-bond donors (Lipinski definition) is 2. The molecule has 0 bridgehead atoms. The molecule has 106 valence electrons. The third kappa shape index (κ3) is 4.53. The number of benzene rings is 1. The Labute approximate surface area is 120 Å². The van der Waals surface area contributed by atoms with Crippen LogP contribution in [0.4, 0.5) is 11.8 Å². The van der Waals surface area contributed by atoms with Crippen LogP contribution in [0.15, 0.2) is 36.4 Å². The molecule has 0 aliphatic carbocycles. The molecule has 2 aromatic rings. The van der Waals surface area contributed by atoms with Gasteiger partial charge in [0.2, 0.25) is 5.95 Å². The van der Waals surface area contributed by atoms with E-state index in [1.165, 1.54) is 5.56 Å². The quantitative estimate of drug-likeness (QED) is 0.846. The highest BCUT2D eigenvalue weighted by atomic mass is 15.1. The molecule has 1 aromatic carbocycles. The maximum atomic E-state index is 4.47. The van der Waals surface area contributed by atoms with E-state index in [0.29, 0.717) is 12.0 Å². The highest BCUT2D eigenvalue weighted by Crippen LogP contribution is 2.10. The first-order valence-corrected chi connectivity index (χ1v) is 7.03. The van der Waals surface area contributed by atoms with Crippen molar-refractivity contribution in [1.29, 1.82) is 0 Å². The van der Waals surface area contributed by atoms with Gasteiger partial charge in [0.25, 0.3) is 0 Å². The summed E-state index contributed by atoms with van der Waals surface area (Å²) in [6, 6.07) is 12.7. The monoisotopic (exact) mass is 270 g/mol. The van der Waals surface area contributed by atoms with E-state index < -0.39 is 0 Å². The summed E-state index contributed by atoms with van der Waals surface area (Å²) in [5.41, 5.74) is 2.29. The van der Waals surface area contributed by atoms with Gasteiger partial charge in [-0.2, -0.15) is 4.98 Å². The normalized spacial score (nSPS) is 10.6. The summed E-state index contributed by atoms with van der Waals surface area (Å²) in [5, 5.41) is 6.59. The largest absolute Gasteiger partial charge is 0.370 e. The fourth-order valence-electron chi connectivity index (χ4n) is 1.96. The van der Waals surface area contributed by atoms with Crippen molar-refractivity contribution < 1.29 is 0 Å². The van der Waals surface area contributed by atoms with Crippen molar-refractivity contribution in [3.8, 4) is 0 Å². The second kappa shape index (κ2) is 6.89. The molecular formula is C16H22N4. The molecule has 4 nitrogen and oxygen atoms in total.